The number of thiophene rings is 1. The Morgan fingerprint density at radius 2 is 2.06 bits per heavy atom. The van der Waals surface area contributed by atoms with Gasteiger partial charge in [0.05, 0.1) is 0 Å². The molecule has 0 aliphatic heterocycles. The number of hydrogen-bond acceptors (Lipinski definition) is 2. The number of nitrogens with zero attached hydrogens (tertiary/aromatic N) is 1. The summed E-state index contributed by atoms with van der Waals surface area (Å²) in [6.07, 6.45) is 0.966. The molecule has 17 heavy (non-hydrogen) atoms. The monoisotopic (exact) mass is 265 g/mol. The SMILES string of the molecule is CN(C)Cc1sccc1Cc1cccc(Cl)c1. The Morgan fingerprint density at radius 1 is 1.24 bits per heavy atom. The van der Waals surface area contributed by atoms with E-state index in [1.54, 1.807) is 0 Å². The van der Waals surface area contributed by atoms with E-state index in [1.165, 1.54) is 16.0 Å². The Bertz CT molecular complexity index is 490. The van der Waals surface area contributed by atoms with E-state index in [9.17, 15) is 0 Å². The molecule has 0 radical (unpaired) electrons. The first-order valence-electron chi connectivity index (χ1n) is 5.59. The molecule has 0 aliphatic rings. The van der Waals surface area contributed by atoms with Crippen molar-refractivity contribution in [1.29, 1.82) is 0 Å². The Hall–Kier alpha value is -0.830. The molecule has 0 bridgehead atoms. The highest BCUT2D eigenvalue weighted by Crippen LogP contribution is 2.22. The van der Waals surface area contributed by atoms with Gasteiger partial charge in [-0.15, -0.1) is 11.3 Å². The minimum absolute atomic E-state index is 0.812. The molecule has 1 heterocycles. The molecule has 0 N–H and O–H groups in total. The number of benzene rings is 1. The van der Waals surface area contributed by atoms with E-state index in [-0.39, 0.29) is 0 Å². The maximum atomic E-state index is 6.00. The fraction of sp³-hybridized carbons (Fsp3) is 0.286. The van der Waals surface area contributed by atoms with Gasteiger partial charge in [0, 0.05) is 16.4 Å². The summed E-state index contributed by atoms with van der Waals surface area (Å²) in [7, 11) is 4.20. The van der Waals surface area contributed by atoms with Crippen molar-refractivity contribution in [3.05, 3.63) is 56.7 Å². The second-order valence-electron chi connectivity index (χ2n) is 4.41. The first-order valence-corrected chi connectivity index (χ1v) is 6.85. The minimum Gasteiger partial charge on any atom is -0.304 e. The molecule has 0 amide bonds. The first-order chi connectivity index (χ1) is 8.15. The number of rotatable bonds is 4. The highest BCUT2D eigenvalue weighted by molar-refractivity contribution is 7.10. The van der Waals surface area contributed by atoms with E-state index in [0.717, 1.165) is 18.0 Å². The van der Waals surface area contributed by atoms with Crippen LogP contribution in [0.3, 0.4) is 0 Å². The minimum atomic E-state index is 0.812. The van der Waals surface area contributed by atoms with Crippen LogP contribution < -0.4 is 0 Å². The van der Waals surface area contributed by atoms with Gasteiger partial charge >= 0.3 is 0 Å². The van der Waals surface area contributed by atoms with Crippen molar-refractivity contribution < 1.29 is 0 Å². The lowest BCUT2D eigenvalue weighted by Gasteiger charge is -2.10. The second kappa shape index (κ2) is 5.67. The van der Waals surface area contributed by atoms with E-state index >= 15 is 0 Å². The lowest BCUT2D eigenvalue weighted by molar-refractivity contribution is 0.405. The molecule has 0 saturated carbocycles. The maximum Gasteiger partial charge on any atom is 0.0408 e. The van der Waals surface area contributed by atoms with Gasteiger partial charge in [-0.2, -0.15) is 0 Å². The number of hydrogen-bond donors (Lipinski definition) is 0. The molecule has 2 rings (SSSR count). The van der Waals surface area contributed by atoms with E-state index < -0.39 is 0 Å². The Labute approximate surface area is 112 Å². The Balaban J connectivity index is 2.16. The zero-order valence-corrected chi connectivity index (χ0v) is 11.7. The molecule has 1 aromatic heterocycles. The van der Waals surface area contributed by atoms with E-state index in [0.29, 0.717) is 0 Å². The second-order valence-corrected chi connectivity index (χ2v) is 5.85. The van der Waals surface area contributed by atoms with Crippen LogP contribution in [0.25, 0.3) is 0 Å². The molecule has 2 aromatic rings. The van der Waals surface area contributed by atoms with Gasteiger partial charge in [-0.25, -0.2) is 0 Å². The zero-order chi connectivity index (χ0) is 12.3. The standard InChI is InChI=1S/C14H16ClNS/c1-16(2)10-14-12(6-7-17-14)8-11-4-3-5-13(15)9-11/h3-7,9H,8,10H2,1-2H3. The third-order valence-corrected chi connectivity index (χ3v) is 3.76. The highest BCUT2D eigenvalue weighted by atomic mass is 35.5. The molecule has 0 fully saturated rings. The van der Waals surface area contributed by atoms with Gasteiger partial charge in [-0.05, 0) is 55.2 Å². The zero-order valence-electron chi connectivity index (χ0n) is 10.1. The van der Waals surface area contributed by atoms with Gasteiger partial charge < -0.3 is 4.90 Å². The first kappa shape index (κ1) is 12.6. The predicted octanol–water partition coefficient (Wildman–Crippen LogP) is 4.05. The average Bonchev–Trinajstić information content (AvgIpc) is 2.65. The fourth-order valence-corrected chi connectivity index (χ4v) is 3.05. The van der Waals surface area contributed by atoms with Gasteiger partial charge in [0.25, 0.3) is 0 Å². The van der Waals surface area contributed by atoms with Crippen LogP contribution in [0.4, 0.5) is 0 Å². The summed E-state index contributed by atoms with van der Waals surface area (Å²) in [6, 6.07) is 10.3. The molecule has 0 saturated heterocycles. The van der Waals surface area contributed by atoms with Crippen molar-refractivity contribution in [1.82, 2.24) is 4.90 Å². The third-order valence-electron chi connectivity index (χ3n) is 2.58. The van der Waals surface area contributed by atoms with Gasteiger partial charge in [0.1, 0.15) is 0 Å². The van der Waals surface area contributed by atoms with Crippen LogP contribution >= 0.6 is 22.9 Å². The molecule has 1 nitrogen and oxygen atoms in total. The molecular weight excluding hydrogens is 250 g/mol. The normalized spacial score (nSPS) is 11.1. The predicted molar refractivity (Wildman–Crippen MR) is 76.0 cm³/mol. The van der Waals surface area contributed by atoms with Crippen LogP contribution in [0.1, 0.15) is 16.0 Å². The van der Waals surface area contributed by atoms with E-state index in [4.69, 9.17) is 11.6 Å². The lowest BCUT2D eigenvalue weighted by atomic mass is 10.1. The van der Waals surface area contributed by atoms with Crippen molar-refractivity contribution in [2.45, 2.75) is 13.0 Å². The smallest absolute Gasteiger partial charge is 0.0408 e. The number of halogens is 1. The van der Waals surface area contributed by atoms with E-state index in [1.807, 2.05) is 29.5 Å². The van der Waals surface area contributed by atoms with Crippen molar-refractivity contribution in [3.63, 3.8) is 0 Å². The molecule has 0 spiro atoms. The summed E-state index contributed by atoms with van der Waals surface area (Å²) in [6.45, 7) is 1.01. The van der Waals surface area contributed by atoms with Gasteiger partial charge in [-0.1, -0.05) is 23.7 Å². The maximum absolute atomic E-state index is 6.00. The summed E-state index contributed by atoms with van der Waals surface area (Å²) in [4.78, 5) is 3.64. The average molecular weight is 266 g/mol. The summed E-state index contributed by atoms with van der Waals surface area (Å²) in [5, 5.41) is 2.98. The van der Waals surface area contributed by atoms with Crippen LogP contribution in [-0.2, 0) is 13.0 Å². The van der Waals surface area contributed by atoms with Crippen LogP contribution in [0.15, 0.2) is 35.7 Å². The Kier molecular flexibility index (Phi) is 4.21. The Morgan fingerprint density at radius 3 is 2.76 bits per heavy atom. The molecule has 0 aliphatic carbocycles. The van der Waals surface area contributed by atoms with Crippen LogP contribution in [-0.4, -0.2) is 19.0 Å². The van der Waals surface area contributed by atoms with Crippen LogP contribution in [0, 0.1) is 0 Å². The molecular formula is C14H16ClNS. The summed E-state index contributed by atoms with van der Waals surface area (Å²) < 4.78 is 0. The van der Waals surface area contributed by atoms with Crippen molar-refractivity contribution in [2.24, 2.45) is 0 Å². The van der Waals surface area contributed by atoms with Crippen LogP contribution in [0.2, 0.25) is 5.02 Å². The van der Waals surface area contributed by atoms with Crippen molar-refractivity contribution >= 4 is 22.9 Å². The van der Waals surface area contributed by atoms with E-state index in [2.05, 4.69) is 36.5 Å². The molecule has 90 valence electrons. The molecule has 1 aromatic carbocycles. The molecule has 0 unspecified atom stereocenters. The largest absolute Gasteiger partial charge is 0.304 e. The summed E-state index contributed by atoms with van der Waals surface area (Å²) in [5.74, 6) is 0. The topological polar surface area (TPSA) is 3.24 Å². The van der Waals surface area contributed by atoms with Crippen LogP contribution in [0.5, 0.6) is 0 Å². The van der Waals surface area contributed by atoms with Gasteiger partial charge in [-0.3, -0.25) is 0 Å². The fourth-order valence-electron chi connectivity index (χ4n) is 1.82. The lowest BCUT2D eigenvalue weighted by Crippen LogP contribution is -2.10. The molecule has 3 heteroatoms. The quantitative estimate of drug-likeness (QED) is 0.806. The van der Waals surface area contributed by atoms with Gasteiger partial charge in [0.2, 0.25) is 0 Å². The summed E-state index contributed by atoms with van der Waals surface area (Å²) >= 11 is 7.83. The van der Waals surface area contributed by atoms with Gasteiger partial charge in [0.15, 0.2) is 0 Å². The third kappa shape index (κ3) is 3.56. The molecule has 0 atom stereocenters. The highest BCUT2D eigenvalue weighted by Gasteiger charge is 2.06. The van der Waals surface area contributed by atoms with Crippen molar-refractivity contribution in [3.8, 4) is 0 Å². The summed E-state index contributed by atoms with van der Waals surface area (Å²) in [5.41, 5.74) is 2.68. The van der Waals surface area contributed by atoms with Crippen molar-refractivity contribution in [2.75, 3.05) is 14.1 Å².